The average molecular weight is 427 g/mol. The third-order valence-corrected chi connectivity index (χ3v) is 7.60. The Kier molecular flexibility index (Phi) is 3.66. The van der Waals surface area contributed by atoms with Crippen molar-refractivity contribution in [3.05, 3.63) is 58.3 Å². The van der Waals surface area contributed by atoms with Crippen molar-refractivity contribution in [1.29, 1.82) is 0 Å². The number of benzene rings is 1. The van der Waals surface area contributed by atoms with Gasteiger partial charge in [-0.3, -0.25) is 9.59 Å². The zero-order valence-corrected chi connectivity index (χ0v) is 16.7. The highest BCUT2D eigenvalue weighted by Gasteiger charge is 2.67. The standard InChI is InChI=1S/C22H16Cl2N2O3/c23-16-3-1-2-13(20(16)24)17-7-4-10(29-17)9-25-26-21(27)18-11-5-6-12(15-8-14(11)15)19(18)22(26)28/h1-7,9,11-12,14-15,18-19H,8H2/b25-9+. The van der Waals surface area contributed by atoms with Crippen LogP contribution in [0.4, 0.5) is 0 Å². The Morgan fingerprint density at radius 3 is 2.38 bits per heavy atom. The largest absolute Gasteiger partial charge is 0.455 e. The zero-order valence-electron chi connectivity index (χ0n) is 15.2. The van der Waals surface area contributed by atoms with Gasteiger partial charge in [0.2, 0.25) is 0 Å². The highest BCUT2D eigenvalue weighted by atomic mass is 35.5. The molecule has 5 nitrogen and oxygen atoms in total. The van der Waals surface area contributed by atoms with Gasteiger partial charge >= 0.3 is 0 Å². The van der Waals surface area contributed by atoms with E-state index in [9.17, 15) is 9.59 Å². The van der Waals surface area contributed by atoms with E-state index in [-0.39, 0.29) is 35.5 Å². The van der Waals surface area contributed by atoms with Crippen molar-refractivity contribution >= 4 is 41.2 Å². The van der Waals surface area contributed by atoms with Crippen LogP contribution in [-0.4, -0.2) is 23.0 Å². The van der Waals surface area contributed by atoms with Crippen molar-refractivity contribution in [2.75, 3.05) is 0 Å². The quantitative estimate of drug-likeness (QED) is 0.407. The van der Waals surface area contributed by atoms with Gasteiger partial charge in [0, 0.05) is 5.56 Å². The van der Waals surface area contributed by atoms with Gasteiger partial charge in [-0.15, -0.1) is 0 Å². The molecule has 6 atom stereocenters. The first-order chi connectivity index (χ1) is 14.0. The molecule has 2 aromatic rings. The van der Waals surface area contributed by atoms with Crippen LogP contribution in [0, 0.1) is 35.5 Å². The molecule has 5 aliphatic rings. The fourth-order valence-corrected chi connectivity index (χ4v) is 5.82. The molecule has 0 N–H and O–H groups in total. The van der Waals surface area contributed by atoms with Crippen molar-refractivity contribution in [2.24, 2.45) is 40.6 Å². The third kappa shape index (κ3) is 2.44. The summed E-state index contributed by atoms with van der Waals surface area (Å²) in [6, 6.07) is 8.77. The van der Waals surface area contributed by atoms with E-state index in [1.807, 2.05) is 0 Å². The molecular weight excluding hydrogens is 411 g/mol. The molecule has 1 aliphatic heterocycles. The maximum absolute atomic E-state index is 12.9. The second-order valence-electron chi connectivity index (χ2n) is 8.19. The molecule has 2 bridgehead atoms. The Labute approximate surface area is 177 Å². The van der Waals surface area contributed by atoms with E-state index in [1.54, 1.807) is 30.3 Å². The van der Waals surface area contributed by atoms with E-state index >= 15 is 0 Å². The predicted molar refractivity (Wildman–Crippen MR) is 108 cm³/mol. The van der Waals surface area contributed by atoms with Crippen molar-refractivity contribution < 1.29 is 14.0 Å². The number of nitrogens with zero attached hydrogens (tertiary/aromatic N) is 2. The summed E-state index contributed by atoms with van der Waals surface area (Å²) in [5.74, 6) is 1.59. The van der Waals surface area contributed by atoms with E-state index in [4.69, 9.17) is 27.6 Å². The average Bonchev–Trinajstić information content (AvgIpc) is 3.36. The van der Waals surface area contributed by atoms with Crippen LogP contribution in [-0.2, 0) is 9.59 Å². The van der Waals surface area contributed by atoms with Gasteiger partial charge in [0.15, 0.2) is 0 Å². The van der Waals surface area contributed by atoms with Crippen molar-refractivity contribution in [1.82, 2.24) is 5.01 Å². The number of amides is 2. The van der Waals surface area contributed by atoms with E-state index in [0.29, 0.717) is 39.0 Å². The molecule has 1 aromatic carbocycles. The van der Waals surface area contributed by atoms with Crippen LogP contribution in [0.25, 0.3) is 11.3 Å². The molecular formula is C22H16Cl2N2O3. The Bertz CT molecular complexity index is 1090. The first kappa shape index (κ1) is 17.5. The lowest BCUT2D eigenvalue weighted by molar-refractivity contribution is -0.140. The maximum Gasteiger partial charge on any atom is 0.254 e. The Balaban J connectivity index is 1.26. The summed E-state index contributed by atoms with van der Waals surface area (Å²) in [5.41, 5.74) is 0.667. The summed E-state index contributed by atoms with van der Waals surface area (Å²) < 4.78 is 5.78. The van der Waals surface area contributed by atoms with Gasteiger partial charge in [0.1, 0.15) is 11.5 Å². The Morgan fingerprint density at radius 2 is 1.69 bits per heavy atom. The monoisotopic (exact) mass is 426 g/mol. The summed E-state index contributed by atoms with van der Waals surface area (Å²) >= 11 is 12.3. The van der Waals surface area contributed by atoms with Gasteiger partial charge in [0.05, 0.1) is 28.1 Å². The number of imide groups is 1. The molecule has 0 radical (unpaired) electrons. The minimum absolute atomic E-state index is 0.187. The summed E-state index contributed by atoms with van der Waals surface area (Å²) in [5, 5.41) is 6.08. The molecule has 146 valence electrons. The Morgan fingerprint density at radius 1 is 1.00 bits per heavy atom. The van der Waals surface area contributed by atoms with Crippen LogP contribution in [0.3, 0.4) is 0 Å². The predicted octanol–water partition coefficient (Wildman–Crippen LogP) is 4.64. The number of hydrogen-bond acceptors (Lipinski definition) is 4. The van der Waals surface area contributed by atoms with Gasteiger partial charge in [-0.2, -0.15) is 10.1 Å². The van der Waals surface area contributed by atoms with E-state index < -0.39 is 0 Å². The molecule has 6 unspecified atom stereocenters. The van der Waals surface area contributed by atoms with Gasteiger partial charge in [-0.05, 0) is 54.4 Å². The fraction of sp³-hybridized carbons (Fsp3) is 0.318. The number of hydrogen-bond donors (Lipinski definition) is 0. The molecule has 1 aromatic heterocycles. The number of hydrazone groups is 1. The molecule has 3 fully saturated rings. The molecule has 2 amide bonds. The van der Waals surface area contributed by atoms with Crippen molar-refractivity contribution in [3.8, 4) is 11.3 Å². The number of furan rings is 1. The summed E-state index contributed by atoms with van der Waals surface area (Å²) in [7, 11) is 0. The minimum atomic E-state index is -0.254. The highest BCUT2D eigenvalue weighted by Crippen LogP contribution is 2.65. The topological polar surface area (TPSA) is 62.9 Å². The van der Waals surface area contributed by atoms with Crippen molar-refractivity contribution in [2.45, 2.75) is 6.42 Å². The second-order valence-corrected chi connectivity index (χ2v) is 8.98. The Hall–Kier alpha value is -2.37. The van der Waals surface area contributed by atoms with Gasteiger partial charge in [-0.1, -0.05) is 41.4 Å². The van der Waals surface area contributed by atoms with Crippen LogP contribution in [0.2, 0.25) is 10.0 Å². The summed E-state index contributed by atoms with van der Waals surface area (Å²) in [6.07, 6.45) is 6.84. The number of carbonyl (C=O) groups is 2. The van der Waals surface area contributed by atoms with Crippen LogP contribution in [0.5, 0.6) is 0 Å². The third-order valence-electron chi connectivity index (χ3n) is 6.78. The van der Waals surface area contributed by atoms with Crippen molar-refractivity contribution in [3.63, 3.8) is 0 Å². The highest BCUT2D eigenvalue weighted by molar-refractivity contribution is 6.43. The molecule has 2 saturated carbocycles. The smallest absolute Gasteiger partial charge is 0.254 e. The maximum atomic E-state index is 12.9. The van der Waals surface area contributed by atoms with Crippen LogP contribution in [0.1, 0.15) is 12.2 Å². The van der Waals surface area contributed by atoms with Gasteiger partial charge in [-0.25, -0.2) is 0 Å². The van der Waals surface area contributed by atoms with Gasteiger partial charge < -0.3 is 4.42 Å². The van der Waals surface area contributed by atoms with Crippen LogP contribution in [0.15, 0.2) is 52.0 Å². The zero-order chi connectivity index (χ0) is 19.9. The van der Waals surface area contributed by atoms with E-state index in [2.05, 4.69) is 17.3 Å². The summed E-state index contributed by atoms with van der Waals surface area (Å²) in [6.45, 7) is 0. The number of allylic oxidation sites excluding steroid dienone is 2. The molecule has 0 spiro atoms. The fourth-order valence-electron chi connectivity index (χ4n) is 5.43. The van der Waals surface area contributed by atoms with Crippen LogP contribution < -0.4 is 0 Å². The van der Waals surface area contributed by atoms with Gasteiger partial charge in [0.25, 0.3) is 11.8 Å². The molecule has 7 heteroatoms. The second kappa shape index (κ2) is 6.07. The molecule has 2 heterocycles. The number of rotatable bonds is 3. The molecule has 4 aliphatic carbocycles. The lowest BCUT2D eigenvalue weighted by Crippen LogP contribution is -2.40. The van der Waals surface area contributed by atoms with E-state index in [1.165, 1.54) is 6.21 Å². The van der Waals surface area contributed by atoms with E-state index in [0.717, 1.165) is 11.4 Å². The molecule has 29 heavy (non-hydrogen) atoms. The molecule has 7 rings (SSSR count). The van der Waals surface area contributed by atoms with Crippen LogP contribution >= 0.6 is 23.2 Å². The SMILES string of the molecule is O=C1C2C3C=CC(C4CC34)C2C(=O)N1/N=C/c1ccc(-c2cccc(Cl)c2Cl)o1. The minimum Gasteiger partial charge on any atom is -0.455 e. The lowest BCUT2D eigenvalue weighted by atomic mass is 9.63. The number of halogens is 2. The summed E-state index contributed by atoms with van der Waals surface area (Å²) in [4.78, 5) is 25.9. The first-order valence-electron chi connectivity index (χ1n) is 9.69. The molecule has 1 saturated heterocycles. The number of carbonyl (C=O) groups excluding carboxylic acids is 2. The normalized spacial score (nSPS) is 34.2. The first-order valence-corrected chi connectivity index (χ1v) is 10.4. The lowest BCUT2D eigenvalue weighted by Gasteiger charge is -2.37.